The van der Waals surface area contributed by atoms with E-state index in [-0.39, 0.29) is 25.7 Å². The van der Waals surface area contributed by atoms with Crippen LogP contribution in [0.2, 0.25) is 0 Å². The highest BCUT2D eigenvalue weighted by molar-refractivity contribution is 5.15. The molecule has 3 rings (SSSR count). The van der Waals surface area contributed by atoms with Gasteiger partial charge < -0.3 is 10.2 Å². The lowest BCUT2D eigenvalue weighted by molar-refractivity contribution is -0.422. The lowest BCUT2D eigenvalue weighted by Gasteiger charge is -2.61. The molecule has 0 aromatic heterocycles. The molecule has 0 aliphatic heterocycles. The molecule has 4 atom stereocenters. The molecular weight excluding hydrogens is 500 g/mol. The van der Waals surface area contributed by atoms with Gasteiger partial charge in [-0.1, -0.05) is 25.7 Å². The second-order valence-electron chi connectivity index (χ2n) is 9.80. The van der Waals surface area contributed by atoms with Gasteiger partial charge >= 0.3 is 24.7 Å². The van der Waals surface area contributed by atoms with E-state index in [4.69, 9.17) is 0 Å². The van der Waals surface area contributed by atoms with Crippen LogP contribution in [0.4, 0.5) is 52.7 Å². The molecule has 3 aliphatic rings. The molecule has 200 valence electrons. The lowest BCUT2D eigenvalue weighted by atomic mass is 9.45. The molecule has 2 N–H and O–H groups in total. The minimum absolute atomic E-state index is 0.0238. The van der Waals surface area contributed by atoms with Gasteiger partial charge in [-0.3, -0.25) is 0 Å². The first-order valence-corrected chi connectivity index (χ1v) is 10.9. The number of aliphatic hydroxyl groups is 2. The number of fused-ring (bicyclic) bond motifs is 2. The fourth-order valence-corrected chi connectivity index (χ4v) is 7.11. The third-order valence-electron chi connectivity index (χ3n) is 8.29. The van der Waals surface area contributed by atoms with Crippen molar-refractivity contribution in [3.05, 3.63) is 0 Å². The standard InChI is InChI=1S/C20H24F12O2/c21-17(22,23)15(33,18(24,25)26)13-9-5-1-2-6-10(9)14(12-8-4-3-7-11(12)13)16(34,19(27,28)29)20(30,31)32/h9-14,33-34H,1-8H2. The van der Waals surface area contributed by atoms with Crippen LogP contribution in [0.3, 0.4) is 0 Å². The van der Waals surface area contributed by atoms with Crippen molar-refractivity contribution in [2.45, 2.75) is 87.3 Å². The third-order valence-corrected chi connectivity index (χ3v) is 8.29. The Kier molecular flexibility index (Phi) is 6.76. The van der Waals surface area contributed by atoms with E-state index in [1.54, 1.807) is 0 Å². The Balaban J connectivity index is 2.28. The minimum atomic E-state index is -6.27. The molecule has 4 unspecified atom stereocenters. The van der Waals surface area contributed by atoms with Crippen molar-refractivity contribution in [2.24, 2.45) is 35.5 Å². The molecule has 0 spiro atoms. The Bertz CT molecular complexity index is 624. The van der Waals surface area contributed by atoms with E-state index in [0.29, 0.717) is 0 Å². The van der Waals surface area contributed by atoms with E-state index >= 15 is 0 Å². The van der Waals surface area contributed by atoms with E-state index in [0.717, 1.165) is 0 Å². The van der Waals surface area contributed by atoms with Crippen molar-refractivity contribution < 1.29 is 62.9 Å². The summed E-state index contributed by atoms with van der Waals surface area (Å²) in [4.78, 5) is 0. The minimum Gasteiger partial charge on any atom is -0.373 e. The number of rotatable bonds is 2. The van der Waals surface area contributed by atoms with Gasteiger partial charge in [0.2, 0.25) is 0 Å². The van der Waals surface area contributed by atoms with Gasteiger partial charge in [-0.25, -0.2) is 0 Å². The lowest BCUT2D eigenvalue weighted by Crippen LogP contribution is -2.73. The average molecular weight is 524 g/mol. The van der Waals surface area contributed by atoms with Gasteiger partial charge in [-0.15, -0.1) is 0 Å². The van der Waals surface area contributed by atoms with Crippen LogP contribution >= 0.6 is 0 Å². The zero-order valence-electron chi connectivity index (χ0n) is 17.6. The zero-order chi connectivity index (χ0) is 26.1. The summed E-state index contributed by atoms with van der Waals surface area (Å²) in [5, 5.41) is 20.5. The molecule has 0 aromatic carbocycles. The first kappa shape index (κ1) is 27.7. The highest BCUT2D eigenvalue weighted by Gasteiger charge is 2.82. The smallest absolute Gasteiger partial charge is 0.373 e. The maximum atomic E-state index is 13.8. The summed E-state index contributed by atoms with van der Waals surface area (Å²) in [6, 6.07) is 0. The van der Waals surface area contributed by atoms with E-state index in [1.165, 1.54) is 0 Å². The van der Waals surface area contributed by atoms with Crippen LogP contribution in [-0.2, 0) is 0 Å². The molecule has 3 fully saturated rings. The maximum Gasteiger partial charge on any atom is 0.426 e. The van der Waals surface area contributed by atoms with Gasteiger partial charge in [0.1, 0.15) is 0 Å². The molecule has 0 amide bonds. The molecule has 3 aliphatic carbocycles. The molecule has 34 heavy (non-hydrogen) atoms. The van der Waals surface area contributed by atoms with E-state index in [9.17, 15) is 62.9 Å². The summed E-state index contributed by atoms with van der Waals surface area (Å²) < 4.78 is 166. The highest BCUT2D eigenvalue weighted by atomic mass is 19.4. The van der Waals surface area contributed by atoms with Crippen molar-refractivity contribution in [3.8, 4) is 0 Å². The topological polar surface area (TPSA) is 40.5 Å². The molecule has 3 saturated carbocycles. The summed E-state index contributed by atoms with van der Waals surface area (Å²) in [7, 11) is 0. The van der Waals surface area contributed by atoms with Crippen LogP contribution in [0.15, 0.2) is 0 Å². The molecule has 0 radical (unpaired) electrons. The fraction of sp³-hybridized carbons (Fsp3) is 1.00. The van der Waals surface area contributed by atoms with E-state index in [1.807, 2.05) is 0 Å². The van der Waals surface area contributed by atoms with Crippen LogP contribution in [0.5, 0.6) is 0 Å². The first-order valence-electron chi connectivity index (χ1n) is 10.9. The zero-order valence-corrected chi connectivity index (χ0v) is 17.6. The van der Waals surface area contributed by atoms with Gasteiger partial charge in [0.15, 0.2) is 0 Å². The predicted octanol–water partition coefficient (Wildman–Crippen LogP) is 6.56. The molecule has 2 nitrogen and oxygen atoms in total. The Morgan fingerprint density at radius 3 is 0.706 bits per heavy atom. The Labute approximate surface area is 186 Å². The predicted molar refractivity (Wildman–Crippen MR) is 92.0 cm³/mol. The molecule has 0 saturated heterocycles. The Morgan fingerprint density at radius 1 is 0.382 bits per heavy atom. The van der Waals surface area contributed by atoms with Crippen LogP contribution in [0.1, 0.15) is 51.4 Å². The van der Waals surface area contributed by atoms with Gasteiger partial charge in [0.25, 0.3) is 11.2 Å². The second kappa shape index (κ2) is 8.31. The monoisotopic (exact) mass is 524 g/mol. The second-order valence-corrected chi connectivity index (χ2v) is 9.80. The number of hydrogen-bond donors (Lipinski definition) is 2. The van der Waals surface area contributed by atoms with E-state index < -0.39 is 97.1 Å². The largest absolute Gasteiger partial charge is 0.426 e. The number of alkyl halides is 12. The van der Waals surface area contributed by atoms with Crippen LogP contribution in [0.25, 0.3) is 0 Å². The maximum absolute atomic E-state index is 13.8. The summed E-state index contributed by atoms with van der Waals surface area (Å²) >= 11 is 0. The van der Waals surface area contributed by atoms with Crippen molar-refractivity contribution in [2.75, 3.05) is 0 Å². The van der Waals surface area contributed by atoms with Crippen molar-refractivity contribution >= 4 is 0 Å². The summed E-state index contributed by atoms with van der Waals surface area (Å²) in [5.74, 6) is -13.1. The summed E-state index contributed by atoms with van der Waals surface area (Å²) in [6.45, 7) is 0. The average Bonchev–Trinajstić information content (AvgIpc) is 2.67. The van der Waals surface area contributed by atoms with Crippen LogP contribution in [0, 0.1) is 35.5 Å². The molecule has 0 heterocycles. The quantitative estimate of drug-likeness (QED) is 0.402. The Morgan fingerprint density at radius 2 is 0.559 bits per heavy atom. The van der Waals surface area contributed by atoms with Crippen LogP contribution < -0.4 is 0 Å². The summed E-state index contributed by atoms with van der Waals surface area (Å²) in [5.41, 5.74) is -10.6. The number of hydrogen-bond acceptors (Lipinski definition) is 2. The first-order chi connectivity index (χ1) is 15.2. The van der Waals surface area contributed by atoms with Gasteiger partial charge in [-0.05, 0) is 49.4 Å². The number of halogens is 12. The fourth-order valence-electron chi connectivity index (χ4n) is 7.11. The van der Waals surface area contributed by atoms with E-state index in [2.05, 4.69) is 0 Å². The molecule has 14 heteroatoms. The van der Waals surface area contributed by atoms with Gasteiger partial charge in [0, 0.05) is 11.8 Å². The summed E-state index contributed by atoms with van der Waals surface area (Å²) in [6.07, 6.45) is -27.2. The normalized spacial score (nSPS) is 34.4. The molecular formula is C20H24F12O2. The van der Waals surface area contributed by atoms with Crippen LogP contribution in [-0.4, -0.2) is 46.1 Å². The highest BCUT2D eigenvalue weighted by Crippen LogP contribution is 2.67. The third kappa shape index (κ3) is 3.88. The van der Waals surface area contributed by atoms with Crippen molar-refractivity contribution in [3.63, 3.8) is 0 Å². The Hall–Kier alpha value is -0.920. The van der Waals surface area contributed by atoms with Gasteiger partial charge in [-0.2, -0.15) is 52.7 Å². The van der Waals surface area contributed by atoms with Gasteiger partial charge in [0.05, 0.1) is 0 Å². The SMILES string of the molecule is OC(C1C2CCCCC2C(C(O)(C(F)(F)F)C(F)(F)F)C2CCCCC21)(C(F)(F)F)C(F)(F)F. The van der Waals surface area contributed by atoms with Crippen molar-refractivity contribution in [1.29, 1.82) is 0 Å². The molecule has 0 aromatic rings. The van der Waals surface area contributed by atoms with Crippen molar-refractivity contribution in [1.82, 2.24) is 0 Å². The molecule has 0 bridgehead atoms.